The molecule has 3 aromatic carbocycles. The molecule has 9 heteroatoms. The number of rotatable bonds is 5. The number of benzene rings is 3. The molecule has 0 aliphatic heterocycles. The van der Waals surface area contributed by atoms with Gasteiger partial charge in [0.25, 0.3) is 5.91 Å². The predicted octanol–water partition coefficient (Wildman–Crippen LogP) is 4.76. The number of nitrogen functional groups attached to an aromatic ring is 1. The minimum Gasteiger partial charge on any atom is -0.506 e. The van der Waals surface area contributed by atoms with Crippen LogP contribution in [0.5, 0.6) is 5.75 Å². The van der Waals surface area contributed by atoms with Gasteiger partial charge < -0.3 is 15.4 Å². The summed E-state index contributed by atoms with van der Waals surface area (Å²) in [6.45, 7) is 0.298. The van der Waals surface area contributed by atoms with Gasteiger partial charge in [-0.15, -0.1) is 0 Å². The summed E-state index contributed by atoms with van der Waals surface area (Å²) >= 11 is 0. The van der Waals surface area contributed by atoms with E-state index in [4.69, 9.17) is 5.73 Å². The summed E-state index contributed by atoms with van der Waals surface area (Å²) in [5, 5.41) is 14.3. The van der Waals surface area contributed by atoms with Crippen LogP contribution in [0.4, 0.5) is 18.9 Å². The molecule has 0 saturated carbocycles. The molecule has 0 aliphatic carbocycles. The zero-order valence-corrected chi connectivity index (χ0v) is 17.2. The van der Waals surface area contributed by atoms with Crippen molar-refractivity contribution in [2.45, 2.75) is 12.7 Å². The van der Waals surface area contributed by atoms with E-state index in [1.165, 1.54) is 30.5 Å². The summed E-state index contributed by atoms with van der Waals surface area (Å²) < 4.78 is 40.8. The third-order valence-corrected chi connectivity index (χ3v) is 5.07. The smallest absolute Gasteiger partial charge is 0.416 e. The van der Waals surface area contributed by atoms with Crippen LogP contribution in [-0.4, -0.2) is 21.8 Å². The van der Waals surface area contributed by atoms with Crippen molar-refractivity contribution in [1.29, 1.82) is 0 Å². The van der Waals surface area contributed by atoms with Gasteiger partial charge in [-0.05, 0) is 59.7 Å². The SMILES string of the molecule is Nc1cc(C(=O)N/N=C/c2ccc3c(ccn3Cc3cccc(C(F)(F)F)c3)c2)ccc1O. The standard InChI is InChI=1S/C24H19F3N4O2/c25-24(26,27)19-3-1-2-16(11-19)14-31-9-8-17-10-15(4-6-21(17)31)13-29-30-23(33)18-5-7-22(32)20(28)12-18/h1-13,32H,14,28H2,(H,30,33)/b29-13+. The maximum Gasteiger partial charge on any atom is 0.416 e. The molecule has 4 rings (SSSR count). The second kappa shape index (κ2) is 8.70. The summed E-state index contributed by atoms with van der Waals surface area (Å²) in [4.78, 5) is 12.1. The van der Waals surface area contributed by atoms with E-state index in [0.29, 0.717) is 12.1 Å². The van der Waals surface area contributed by atoms with Crippen LogP contribution in [0.1, 0.15) is 27.0 Å². The zero-order chi connectivity index (χ0) is 23.6. The fourth-order valence-corrected chi connectivity index (χ4v) is 3.41. The van der Waals surface area contributed by atoms with Crippen molar-refractivity contribution in [1.82, 2.24) is 9.99 Å². The first-order valence-corrected chi connectivity index (χ1v) is 9.87. The molecule has 0 saturated heterocycles. The van der Waals surface area contributed by atoms with E-state index in [9.17, 15) is 23.1 Å². The first-order chi connectivity index (χ1) is 15.7. The van der Waals surface area contributed by atoms with Crippen LogP contribution < -0.4 is 11.2 Å². The molecular formula is C24H19F3N4O2. The van der Waals surface area contributed by atoms with E-state index >= 15 is 0 Å². The van der Waals surface area contributed by atoms with Crippen molar-refractivity contribution in [3.8, 4) is 5.75 Å². The average Bonchev–Trinajstić information content (AvgIpc) is 3.17. The highest BCUT2D eigenvalue weighted by Gasteiger charge is 2.30. The molecule has 0 unspecified atom stereocenters. The molecule has 1 aromatic heterocycles. The number of aromatic nitrogens is 1. The lowest BCUT2D eigenvalue weighted by atomic mass is 10.1. The Bertz CT molecular complexity index is 1360. The predicted molar refractivity (Wildman–Crippen MR) is 120 cm³/mol. The molecule has 6 nitrogen and oxygen atoms in total. The number of phenols is 1. The van der Waals surface area contributed by atoms with Crippen molar-refractivity contribution in [3.63, 3.8) is 0 Å². The third kappa shape index (κ3) is 4.98. The van der Waals surface area contributed by atoms with Gasteiger partial charge in [-0.3, -0.25) is 4.79 Å². The normalized spacial score (nSPS) is 11.8. The number of carbonyl (C=O) groups excluding carboxylic acids is 1. The van der Waals surface area contributed by atoms with Crippen molar-refractivity contribution in [2.24, 2.45) is 5.10 Å². The second-order valence-corrected chi connectivity index (χ2v) is 7.43. The van der Waals surface area contributed by atoms with Crippen LogP contribution in [0.25, 0.3) is 10.9 Å². The number of fused-ring (bicyclic) bond motifs is 1. The topological polar surface area (TPSA) is 92.6 Å². The zero-order valence-electron chi connectivity index (χ0n) is 17.2. The maximum absolute atomic E-state index is 13.0. The van der Waals surface area contributed by atoms with Gasteiger partial charge in [0.15, 0.2) is 0 Å². The number of nitrogens with one attached hydrogen (secondary N) is 1. The maximum atomic E-state index is 13.0. The summed E-state index contributed by atoms with van der Waals surface area (Å²) in [5.74, 6) is -0.588. The number of hydrogen-bond donors (Lipinski definition) is 3. The van der Waals surface area contributed by atoms with Crippen LogP contribution >= 0.6 is 0 Å². The quantitative estimate of drug-likeness (QED) is 0.176. The Labute approximate surface area is 186 Å². The van der Waals surface area contributed by atoms with E-state index in [1.54, 1.807) is 12.1 Å². The first kappa shape index (κ1) is 21.9. The van der Waals surface area contributed by atoms with Crippen molar-refractivity contribution in [2.75, 3.05) is 5.73 Å². The molecule has 0 bridgehead atoms. The Morgan fingerprint density at radius 1 is 1.09 bits per heavy atom. The number of nitrogens with two attached hydrogens (primary N) is 1. The molecule has 0 atom stereocenters. The van der Waals surface area contributed by atoms with E-state index in [1.807, 2.05) is 29.0 Å². The van der Waals surface area contributed by atoms with Crippen molar-refractivity contribution < 1.29 is 23.1 Å². The lowest BCUT2D eigenvalue weighted by Crippen LogP contribution is -2.17. The fraction of sp³-hybridized carbons (Fsp3) is 0.0833. The Hall–Kier alpha value is -4.27. The van der Waals surface area contributed by atoms with E-state index in [-0.39, 0.29) is 17.0 Å². The number of phenolic OH excluding ortho intramolecular Hbond substituents is 1. The number of hydrogen-bond acceptors (Lipinski definition) is 4. The summed E-state index contributed by atoms with van der Waals surface area (Å²) in [5.41, 5.74) is 9.78. The van der Waals surface area contributed by atoms with E-state index < -0.39 is 17.6 Å². The molecule has 0 radical (unpaired) electrons. The van der Waals surface area contributed by atoms with Gasteiger partial charge in [0, 0.05) is 29.2 Å². The highest BCUT2D eigenvalue weighted by molar-refractivity contribution is 5.96. The minimum absolute atomic E-state index is 0.0896. The number of halogens is 3. The lowest BCUT2D eigenvalue weighted by molar-refractivity contribution is -0.137. The van der Waals surface area contributed by atoms with Gasteiger partial charge in [0.2, 0.25) is 0 Å². The number of hydrazone groups is 1. The van der Waals surface area contributed by atoms with Crippen LogP contribution in [-0.2, 0) is 12.7 Å². The minimum atomic E-state index is -4.38. The van der Waals surface area contributed by atoms with Crippen LogP contribution in [0.15, 0.2) is 78.0 Å². The highest BCUT2D eigenvalue weighted by atomic mass is 19.4. The molecule has 168 valence electrons. The fourth-order valence-electron chi connectivity index (χ4n) is 3.41. The number of aromatic hydroxyl groups is 1. The Kier molecular flexibility index (Phi) is 5.78. The molecule has 4 aromatic rings. The molecular weight excluding hydrogens is 433 g/mol. The Morgan fingerprint density at radius 3 is 2.67 bits per heavy atom. The largest absolute Gasteiger partial charge is 0.506 e. The number of nitrogens with zero attached hydrogens (tertiary/aromatic N) is 2. The summed E-state index contributed by atoms with van der Waals surface area (Å²) in [7, 11) is 0. The molecule has 0 aliphatic rings. The van der Waals surface area contributed by atoms with Crippen LogP contribution in [0, 0.1) is 0 Å². The summed E-state index contributed by atoms with van der Waals surface area (Å²) in [6.07, 6.45) is -1.10. The van der Waals surface area contributed by atoms with Gasteiger partial charge >= 0.3 is 6.18 Å². The second-order valence-electron chi connectivity index (χ2n) is 7.43. The van der Waals surface area contributed by atoms with Gasteiger partial charge in [-0.2, -0.15) is 18.3 Å². The van der Waals surface area contributed by atoms with Crippen molar-refractivity contribution >= 4 is 28.7 Å². The average molecular weight is 452 g/mol. The number of amides is 1. The van der Waals surface area contributed by atoms with Crippen molar-refractivity contribution in [3.05, 3.63) is 95.2 Å². The van der Waals surface area contributed by atoms with E-state index in [0.717, 1.165) is 28.6 Å². The van der Waals surface area contributed by atoms with Gasteiger partial charge in [-0.1, -0.05) is 18.2 Å². The van der Waals surface area contributed by atoms with Gasteiger partial charge in [0.1, 0.15) is 5.75 Å². The monoisotopic (exact) mass is 452 g/mol. The molecule has 0 fully saturated rings. The Balaban J connectivity index is 1.46. The third-order valence-electron chi connectivity index (χ3n) is 5.07. The van der Waals surface area contributed by atoms with Gasteiger partial charge in [0.05, 0.1) is 17.5 Å². The van der Waals surface area contributed by atoms with Crippen LogP contribution in [0.2, 0.25) is 0 Å². The number of anilines is 1. The number of alkyl halides is 3. The molecule has 1 heterocycles. The summed E-state index contributed by atoms with van der Waals surface area (Å²) in [6, 6.07) is 16.7. The Morgan fingerprint density at radius 2 is 1.91 bits per heavy atom. The first-order valence-electron chi connectivity index (χ1n) is 9.87. The lowest BCUT2D eigenvalue weighted by Gasteiger charge is -2.10. The molecule has 0 spiro atoms. The van der Waals surface area contributed by atoms with Crippen LogP contribution in [0.3, 0.4) is 0 Å². The van der Waals surface area contributed by atoms with Gasteiger partial charge in [-0.25, -0.2) is 5.43 Å². The highest BCUT2D eigenvalue weighted by Crippen LogP contribution is 2.30. The molecule has 4 N–H and O–H groups in total. The molecule has 33 heavy (non-hydrogen) atoms. The van der Waals surface area contributed by atoms with E-state index in [2.05, 4.69) is 10.5 Å². The number of carbonyl (C=O) groups is 1. The molecule has 1 amide bonds.